The number of hydrogen-bond donors (Lipinski definition) is 1. The molecule has 1 aromatic heterocycles. The Balaban J connectivity index is 1.91. The quantitative estimate of drug-likeness (QED) is 0.825. The standard InChI is InChI=1S/C13H20N2O3/c1-16-12-3-5-15-11(13(12)17-2)8-14-7-10-4-6-18-9-10/h3,5,10,14H,4,6-9H2,1-2H3. The van der Waals surface area contributed by atoms with Crippen LogP contribution in [-0.4, -0.2) is 39.0 Å². The summed E-state index contributed by atoms with van der Waals surface area (Å²) in [6.45, 7) is 3.36. The second-order valence-corrected chi connectivity index (χ2v) is 4.35. The van der Waals surface area contributed by atoms with Gasteiger partial charge in [0.25, 0.3) is 0 Å². The SMILES string of the molecule is COc1ccnc(CNCC2CCOC2)c1OC. The number of ether oxygens (including phenoxy) is 3. The van der Waals surface area contributed by atoms with Gasteiger partial charge in [-0.05, 0) is 12.3 Å². The fourth-order valence-electron chi connectivity index (χ4n) is 2.12. The maximum Gasteiger partial charge on any atom is 0.183 e. The van der Waals surface area contributed by atoms with Crippen molar-refractivity contribution in [2.75, 3.05) is 34.0 Å². The maximum atomic E-state index is 5.34. The first-order valence-electron chi connectivity index (χ1n) is 6.19. The van der Waals surface area contributed by atoms with Gasteiger partial charge in [-0.1, -0.05) is 0 Å². The van der Waals surface area contributed by atoms with Crippen LogP contribution in [0.4, 0.5) is 0 Å². The summed E-state index contributed by atoms with van der Waals surface area (Å²) < 4.78 is 15.9. The first-order chi connectivity index (χ1) is 8.85. The van der Waals surface area contributed by atoms with Crippen LogP contribution in [-0.2, 0) is 11.3 Å². The van der Waals surface area contributed by atoms with Gasteiger partial charge in [0.05, 0.1) is 26.5 Å². The summed E-state index contributed by atoms with van der Waals surface area (Å²) in [4.78, 5) is 4.32. The number of methoxy groups -OCH3 is 2. The van der Waals surface area contributed by atoms with Crippen LogP contribution in [0.5, 0.6) is 11.5 Å². The van der Waals surface area contributed by atoms with Crippen molar-refractivity contribution in [1.29, 1.82) is 0 Å². The molecule has 0 aliphatic carbocycles. The summed E-state index contributed by atoms with van der Waals surface area (Å²) in [7, 11) is 3.26. The Morgan fingerprint density at radius 1 is 1.44 bits per heavy atom. The summed E-state index contributed by atoms with van der Waals surface area (Å²) in [6.07, 6.45) is 2.87. The highest BCUT2D eigenvalue weighted by Gasteiger charge is 2.16. The van der Waals surface area contributed by atoms with Crippen LogP contribution < -0.4 is 14.8 Å². The molecule has 1 aliphatic rings. The Kier molecular flexibility index (Phi) is 4.78. The second-order valence-electron chi connectivity index (χ2n) is 4.35. The Morgan fingerprint density at radius 2 is 2.33 bits per heavy atom. The van der Waals surface area contributed by atoms with Crippen molar-refractivity contribution in [1.82, 2.24) is 10.3 Å². The molecule has 0 saturated carbocycles. The lowest BCUT2D eigenvalue weighted by molar-refractivity contribution is 0.185. The normalized spacial score (nSPS) is 18.9. The van der Waals surface area contributed by atoms with E-state index in [4.69, 9.17) is 14.2 Å². The molecule has 1 aliphatic heterocycles. The highest BCUT2D eigenvalue weighted by atomic mass is 16.5. The molecule has 0 amide bonds. The summed E-state index contributed by atoms with van der Waals surface area (Å²) in [5.74, 6) is 2.03. The Bertz CT molecular complexity index is 378. The van der Waals surface area contributed by atoms with E-state index in [0.29, 0.717) is 24.0 Å². The van der Waals surface area contributed by atoms with Gasteiger partial charge in [0.1, 0.15) is 0 Å². The van der Waals surface area contributed by atoms with Crippen molar-refractivity contribution in [3.8, 4) is 11.5 Å². The highest BCUT2D eigenvalue weighted by molar-refractivity contribution is 5.42. The minimum atomic E-state index is 0.613. The minimum Gasteiger partial charge on any atom is -0.493 e. The number of nitrogens with one attached hydrogen (secondary N) is 1. The predicted octanol–water partition coefficient (Wildman–Crippen LogP) is 1.22. The van der Waals surface area contributed by atoms with E-state index in [9.17, 15) is 0 Å². The van der Waals surface area contributed by atoms with Crippen molar-refractivity contribution in [3.63, 3.8) is 0 Å². The molecule has 1 saturated heterocycles. The molecule has 1 N–H and O–H groups in total. The summed E-state index contributed by atoms with van der Waals surface area (Å²) in [5.41, 5.74) is 0.871. The van der Waals surface area contributed by atoms with Gasteiger partial charge in [-0.25, -0.2) is 0 Å². The summed E-state index contributed by atoms with van der Waals surface area (Å²) >= 11 is 0. The van der Waals surface area contributed by atoms with E-state index in [1.54, 1.807) is 26.5 Å². The summed E-state index contributed by atoms with van der Waals surface area (Å²) in [5, 5.41) is 3.39. The Hall–Kier alpha value is -1.33. The van der Waals surface area contributed by atoms with Crippen molar-refractivity contribution >= 4 is 0 Å². The lowest BCUT2D eigenvalue weighted by atomic mass is 10.1. The summed E-state index contributed by atoms with van der Waals surface area (Å²) in [6, 6.07) is 1.80. The fourth-order valence-corrected chi connectivity index (χ4v) is 2.12. The Labute approximate surface area is 107 Å². The molecule has 18 heavy (non-hydrogen) atoms. The van der Waals surface area contributed by atoms with E-state index in [-0.39, 0.29) is 0 Å². The highest BCUT2D eigenvalue weighted by Crippen LogP contribution is 2.28. The predicted molar refractivity (Wildman–Crippen MR) is 68.0 cm³/mol. The zero-order chi connectivity index (χ0) is 12.8. The number of nitrogens with zero attached hydrogens (tertiary/aromatic N) is 1. The maximum absolute atomic E-state index is 5.34. The molecule has 0 bridgehead atoms. The van der Waals surface area contributed by atoms with Gasteiger partial charge in [0.15, 0.2) is 11.5 Å². The smallest absolute Gasteiger partial charge is 0.183 e. The Morgan fingerprint density at radius 3 is 3.00 bits per heavy atom. The van der Waals surface area contributed by atoms with Crippen LogP contribution >= 0.6 is 0 Å². The second kappa shape index (κ2) is 6.56. The number of rotatable bonds is 6. The monoisotopic (exact) mass is 252 g/mol. The van der Waals surface area contributed by atoms with Gasteiger partial charge < -0.3 is 19.5 Å². The molecule has 0 radical (unpaired) electrons. The third-order valence-electron chi connectivity index (χ3n) is 3.12. The lowest BCUT2D eigenvalue weighted by Crippen LogP contribution is -2.23. The van der Waals surface area contributed by atoms with Crippen LogP contribution in [0.1, 0.15) is 12.1 Å². The zero-order valence-corrected chi connectivity index (χ0v) is 10.9. The molecule has 1 aromatic rings. The fraction of sp³-hybridized carbons (Fsp3) is 0.615. The van der Waals surface area contributed by atoms with Gasteiger partial charge in [0, 0.05) is 32.0 Å². The average Bonchev–Trinajstić information content (AvgIpc) is 2.91. The van der Waals surface area contributed by atoms with Crippen LogP contribution in [0.3, 0.4) is 0 Å². The van der Waals surface area contributed by atoms with Crippen molar-refractivity contribution in [2.24, 2.45) is 5.92 Å². The van der Waals surface area contributed by atoms with E-state index in [0.717, 1.165) is 31.9 Å². The molecule has 0 aromatic carbocycles. The van der Waals surface area contributed by atoms with Gasteiger partial charge >= 0.3 is 0 Å². The van der Waals surface area contributed by atoms with Crippen molar-refractivity contribution in [3.05, 3.63) is 18.0 Å². The molecular formula is C13H20N2O3. The van der Waals surface area contributed by atoms with Crippen LogP contribution in [0.2, 0.25) is 0 Å². The minimum absolute atomic E-state index is 0.613. The topological polar surface area (TPSA) is 52.6 Å². The molecule has 1 unspecified atom stereocenters. The molecule has 100 valence electrons. The first-order valence-corrected chi connectivity index (χ1v) is 6.19. The molecule has 0 spiro atoms. The van der Waals surface area contributed by atoms with Gasteiger partial charge in [0.2, 0.25) is 0 Å². The lowest BCUT2D eigenvalue weighted by Gasteiger charge is -2.13. The molecule has 5 heteroatoms. The molecule has 2 rings (SSSR count). The molecular weight excluding hydrogens is 232 g/mol. The van der Waals surface area contributed by atoms with E-state index < -0.39 is 0 Å². The van der Waals surface area contributed by atoms with Crippen molar-refractivity contribution in [2.45, 2.75) is 13.0 Å². The largest absolute Gasteiger partial charge is 0.493 e. The first kappa shape index (κ1) is 13.1. The molecule has 5 nitrogen and oxygen atoms in total. The molecule has 2 heterocycles. The van der Waals surface area contributed by atoms with E-state index in [1.807, 2.05) is 0 Å². The van der Waals surface area contributed by atoms with Gasteiger partial charge in [-0.2, -0.15) is 0 Å². The molecule has 1 atom stereocenters. The average molecular weight is 252 g/mol. The molecule has 1 fully saturated rings. The van der Waals surface area contributed by atoms with E-state index in [2.05, 4.69) is 10.3 Å². The van der Waals surface area contributed by atoms with E-state index in [1.165, 1.54) is 0 Å². The third-order valence-corrected chi connectivity index (χ3v) is 3.12. The van der Waals surface area contributed by atoms with Crippen molar-refractivity contribution < 1.29 is 14.2 Å². The number of hydrogen-bond acceptors (Lipinski definition) is 5. The van der Waals surface area contributed by atoms with Crippen LogP contribution in [0.25, 0.3) is 0 Å². The number of aromatic nitrogens is 1. The zero-order valence-electron chi connectivity index (χ0n) is 10.9. The van der Waals surface area contributed by atoms with Gasteiger partial charge in [-0.3, -0.25) is 4.98 Å². The van der Waals surface area contributed by atoms with Crippen LogP contribution in [0.15, 0.2) is 12.3 Å². The van der Waals surface area contributed by atoms with Crippen LogP contribution in [0, 0.1) is 5.92 Å². The number of pyridine rings is 1. The van der Waals surface area contributed by atoms with E-state index >= 15 is 0 Å². The third kappa shape index (κ3) is 3.11. The van der Waals surface area contributed by atoms with Gasteiger partial charge in [-0.15, -0.1) is 0 Å².